The molecule has 0 amide bonds. The molecule has 0 atom stereocenters. The van der Waals surface area contributed by atoms with Crippen molar-refractivity contribution in [1.29, 1.82) is 0 Å². The molecule has 0 aliphatic rings. The van der Waals surface area contributed by atoms with Gasteiger partial charge in [0.1, 0.15) is 11.6 Å². The third-order valence-corrected chi connectivity index (χ3v) is 3.39. The molecule has 3 rings (SSSR count). The topological polar surface area (TPSA) is 55.1 Å². The summed E-state index contributed by atoms with van der Waals surface area (Å²) in [5.41, 5.74) is 2.30. The summed E-state index contributed by atoms with van der Waals surface area (Å²) in [6.45, 7) is 2.56. The number of nitrogens with zero attached hydrogens (tertiary/aromatic N) is 2. The quantitative estimate of drug-likeness (QED) is 0.800. The fourth-order valence-corrected chi connectivity index (χ4v) is 2.43. The van der Waals surface area contributed by atoms with Crippen molar-refractivity contribution in [2.24, 2.45) is 0 Å². The number of carboxylic acids is 1. The average molecular weight is 284 g/mol. The third-order valence-electron chi connectivity index (χ3n) is 3.39. The average Bonchev–Trinajstić information content (AvgIpc) is 2.85. The SMILES string of the molecule is CCn1c(-c2cccc(C(=O)O)c2)nc2ccc(F)cc21. The molecule has 1 N–H and O–H groups in total. The van der Waals surface area contributed by atoms with Crippen LogP contribution in [0.2, 0.25) is 0 Å². The van der Waals surface area contributed by atoms with E-state index < -0.39 is 5.97 Å². The van der Waals surface area contributed by atoms with E-state index in [4.69, 9.17) is 5.11 Å². The van der Waals surface area contributed by atoms with Crippen LogP contribution in [0.1, 0.15) is 17.3 Å². The number of benzene rings is 2. The molecular formula is C16H13FN2O2. The number of aryl methyl sites for hydroxylation is 1. The minimum Gasteiger partial charge on any atom is -0.478 e. The van der Waals surface area contributed by atoms with Crippen molar-refractivity contribution < 1.29 is 14.3 Å². The molecule has 21 heavy (non-hydrogen) atoms. The molecule has 2 aromatic carbocycles. The van der Waals surface area contributed by atoms with Gasteiger partial charge in [-0.25, -0.2) is 14.2 Å². The Morgan fingerprint density at radius 2 is 2.10 bits per heavy atom. The maximum Gasteiger partial charge on any atom is 0.335 e. The van der Waals surface area contributed by atoms with E-state index in [1.54, 1.807) is 24.3 Å². The van der Waals surface area contributed by atoms with Gasteiger partial charge in [-0.2, -0.15) is 0 Å². The van der Waals surface area contributed by atoms with Crippen LogP contribution < -0.4 is 0 Å². The number of fused-ring (bicyclic) bond motifs is 1. The number of imidazole rings is 1. The molecule has 0 bridgehead atoms. The second kappa shape index (κ2) is 5.01. The van der Waals surface area contributed by atoms with Crippen LogP contribution in [0.5, 0.6) is 0 Å². The van der Waals surface area contributed by atoms with E-state index in [0.29, 0.717) is 29.0 Å². The zero-order valence-electron chi connectivity index (χ0n) is 11.4. The van der Waals surface area contributed by atoms with Crippen molar-refractivity contribution in [3.63, 3.8) is 0 Å². The molecule has 0 radical (unpaired) electrons. The first-order valence-corrected chi connectivity index (χ1v) is 6.59. The van der Waals surface area contributed by atoms with E-state index in [-0.39, 0.29) is 11.4 Å². The number of aromatic carboxylic acids is 1. The molecule has 0 spiro atoms. The third kappa shape index (κ3) is 2.27. The minimum atomic E-state index is -0.984. The Morgan fingerprint density at radius 3 is 2.81 bits per heavy atom. The van der Waals surface area contributed by atoms with Gasteiger partial charge in [-0.05, 0) is 37.3 Å². The minimum absolute atomic E-state index is 0.202. The van der Waals surface area contributed by atoms with Gasteiger partial charge in [-0.15, -0.1) is 0 Å². The molecule has 0 saturated carbocycles. The molecule has 0 saturated heterocycles. The number of hydrogen-bond donors (Lipinski definition) is 1. The van der Waals surface area contributed by atoms with Crippen molar-refractivity contribution in [2.45, 2.75) is 13.5 Å². The second-order valence-corrected chi connectivity index (χ2v) is 4.70. The highest BCUT2D eigenvalue weighted by Gasteiger charge is 2.13. The predicted molar refractivity (Wildman–Crippen MR) is 77.8 cm³/mol. The largest absolute Gasteiger partial charge is 0.478 e. The van der Waals surface area contributed by atoms with Crippen LogP contribution in [-0.4, -0.2) is 20.6 Å². The summed E-state index contributed by atoms with van der Waals surface area (Å²) in [5, 5.41) is 9.08. The maximum absolute atomic E-state index is 13.4. The van der Waals surface area contributed by atoms with Gasteiger partial charge in [0, 0.05) is 12.1 Å². The molecule has 5 heteroatoms. The number of carboxylic acid groups (broad SMARTS) is 1. The van der Waals surface area contributed by atoms with Crippen LogP contribution in [0.15, 0.2) is 42.5 Å². The zero-order valence-corrected chi connectivity index (χ0v) is 11.4. The molecular weight excluding hydrogens is 271 g/mol. The molecule has 106 valence electrons. The number of rotatable bonds is 3. The standard InChI is InChI=1S/C16H13FN2O2/c1-2-19-14-9-12(17)6-7-13(14)18-15(19)10-4-3-5-11(8-10)16(20)21/h3-9H,2H2,1H3,(H,20,21). The molecule has 0 unspecified atom stereocenters. The van der Waals surface area contributed by atoms with Crippen molar-refractivity contribution in [3.05, 3.63) is 53.8 Å². The summed E-state index contributed by atoms with van der Waals surface area (Å²) in [6, 6.07) is 11.0. The van der Waals surface area contributed by atoms with E-state index in [2.05, 4.69) is 4.98 Å². The van der Waals surface area contributed by atoms with E-state index in [9.17, 15) is 9.18 Å². The van der Waals surface area contributed by atoms with Crippen molar-refractivity contribution in [2.75, 3.05) is 0 Å². The highest BCUT2D eigenvalue weighted by atomic mass is 19.1. The predicted octanol–water partition coefficient (Wildman–Crippen LogP) is 3.56. The lowest BCUT2D eigenvalue weighted by atomic mass is 10.1. The summed E-state index contributed by atoms with van der Waals surface area (Å²) < 4.78 is 15.3. The Morgan fingerprint density at radius 1 is 1.29 bits per heavy atom. The molecule has 0 aliphatic heterocycles. The first kappa shape index (κ1) is 13.3. The van der Waals surface area contributed by atoms with Gasteiger partial charge in [0.15, 0.2) is 0 Å². The van der Waals surface area contributed by atoms with Crippen LogP contribution in [0, 0.1) is 5.82 Å². The molecule has 1 aromatic heterocycles. The summed E-state index contributed by atoms with van der Waals surface area (Å²) in [5.74, 6) is -0.661. The smallest absolute Gasteiger partial charge is 0.335 e. The van der Waals surface area contributed by atoms with Gasteiger partial charge in [0.25, 0.3) is 0 Å². The number of carbonyl (C=O) groups is 1. The Balaban J connectivity index is 2.24. The first-order chi connectivity index (χ1) is 10.1. The lowest BCUT2D eigenvalue weighted by Gasteiger charge is -2.06. The van der Waals surface area contributed by atoms with Gasteiger partial charge >= 0.3 is 5.97 Å². The summed E-state index contributed by atoms with van der Waals surface area (Å²) >= 11 is 0. The Bertz CT molecular complexity index is 839. The normalized spacial score (nSPS) is 11.0. The molecule has 4 nitrogen and oxygen atoms in total. The fraction of sp³-hybridized carbons (Fsp3) is 0.125. The van der Waals surface area contributed by atoms with Crippen LogP contribution in [-0.2, 0) is 6.54 Å². The highest BCUT2D eigenvalue weighted by Crippen LogP contribution is 2.26. The highest BCUT2D eigenvalue weighted by molar-refractivity contribution is 5.89. The fourth-order valence-electron chi connectivity index (χ4n) is 2.43. The van der Waals surface area contributed by atoms with Crippen molar-refractivity contribution in [1.82, 2.24) is 9.55 Å². The van der Waals surface area contributed by atoms with Crippen LogP contribution in [0.25, 0.3) is 22.4 Å². The first-order valence-electron chi connectivity index (χ1n) is 6.59. The summed E-state index contributed by atoms with van der Waals surface area (Å²) in [7, 11) is 0. The lowest BCUT2D eigenvalue weighted by molar-refractivity contribution is 0.0697. The molecule has 1 heterocycles. The Hall–Kier alpha value is -2.69. The van der Waals surface area contributed by atoms with E-state index >= 15 is 0 Å². The summed E-state index contributed by atoms with van der Waals surface area (Å²) in [6.07, 6.45) is 0. The molecule has 0 aliphatic carbocycles. The second-order valence-electron chi connectivity index (χ2n) is 4.70. The number of hydrogen-bond acceptors (Lipinski definition) is 2. The lowest BCUT2D eigenvalue weighted by Crippen LogP contribution is -2.00. The monoisotopic (exact) mass is 284 g/mol. The molecule has 3 aromatic rings. The van der Waals surface area contributed by atoms with Gasteiger partial charge < -0.3 is 9.67 Å². The van der Waals surface area contributed by atoms with Gasteiger partial charge in [-0.3, -0.25) is 0 Å². The van der Waals surface area contributed by atoms with E-state index in [0.717, 1.165) is 0 Å². The van der Waals surface area contributed by atoms with E-state index in [1.807, 2.05) is 11.5 Å². The van der Waals surface area contributed by atoms with Crippen molar-refractivity contribution >= 4 is 17.0 Å². The van der Waals surface area contributed by atoms with Crippen LogP contribution in [0.4, 0.5) is 4.39 Å². The number of aromatic nitrogens is 2. The van der Waals surface area contributed by atoms with Gasteiger partial charge in [0.05, 0.1) is 16.6 Å². The van der Waals surface area contributed by atoms with Crippen molar-refractivity contribution in [3.8, 4) is 11.4 Å². The van der Waals surface area contributed by atoms with Gasteiger partial charge in [0.2, 0.25) is 0 Å². The van der Waals surface area contributed by atoms with Gasteiger partial charge in [-0.1, -0.05) is 12.1 Å². The van der Waals surface area contributed by atoms with Crippen LogP contribution >= 0.6 is 0 Å². The molecule has 0 fully saturated rings. The Labute approximate surface area is 120 Å². The Kier molecular flexibility index (Phi) is 3.17. The zero-order chi connectivity index (χ0) is 15.0. The summed E-state index contributed by atoms with van der Waals surface area (Å²) in [4.78, 5) is 15.6. The number of halogens is 1. The maximum atomic E-state index is 13.4. The van der Waals surface area contributed by atoms with Crippen LogP contribution in [0.3, 0.4) is 0 Å². The van der Waals surface area contributed by atoms with E-state index in [1.165, 1.54) is 18.2 Å².